The van der Waals surface area contributed by atoms with Crippen LogP contribution >= 0.6 is 0 Å². The van der Waals surface area contributed by atoms with E-state index >= 15 is 0 Å². The molecule has 0 aromatic rings. The normalized spacial score (nSPS) is 51.0. The molecule has 0 saturated heterocycles. The van der Waals surface area contributed by atoms with Gasteiger partial charge in [0.05, 0.1) is 5.60 Å². The number of ether oxygens (including phenoxy) is 1. The molecule has 0 radical (unpaired) electrons. The molecule has 1 heteroatoms. The summed E-state index contributed by atoms with van der Waals surface area (Å²) in [6.07, 6.45) is 12.8. The zero-order chi connectivity index (χ0) is 16.2. The summed E-state index contributed by atoms with van der Waals surface area (Å²) in [4.78, 5) is 0. The largest absolute Gasteiger partial charge is 0.374 e. The van der Waals surface area contributed by atoms with Crippen molar-refractivity contribution in [3.63, 3.8) is 0 Å². The van der Waals surface area contributed by atoms with Gasteiger partial charge in [-0.2, -0.15) is 0 Å². The van der Waals surface area contributed by atoms with Crippen LogP contribution in [0, 0.1) is 28.6 Å². The number of methoxy groups -OCH3 is 1. The minimum atomic E-state index is -0.0709. The Bertz CT molecular complexity index is 492. The van der Waals surface area contributed by atoms with Gasteiger partial charge in [-0.3, -0.25) is 0 Å². The quantitative estimate of drug-likeness (QED) is 0.589. The minimum Gasteiger partial charge on any atom is -0.374 e. The summed E-state index contributed by atoms with van der Waals surface area (Å²) in [6, 6.07) is 0. The van der Waals surface area contributed by atoms with Gasteiger partial charge in [0.15, 0.2) is 0 Å². The maximum Gasteiger partial charge on any atom is 0.0830 e. The maximum absolute atomic E-state index is 5.81. The Morgan fingerprint density at radius 3 is 2.41 bits per heavy atom. The third-order valence-electron chi connectivity index (χ3n) is 7.76. The summed E-state index contributed by atoms with van der Waals surface area (Å²) in [5, 5.41) is 0. The van der Waals surface area contributed by atoms with Crippen molar-refractivity contribution in [2.24, 2.45) is 28.6 Å². The number of hydrogen-bond donors (Lipinski definition) is 0. The van der Waals surface area contributed by atoms with Crippen LogP contribution in [-0.2, 0) is 4.74 Å². The second-order valence-electron chi connectivity index (χ2n) is 9.09. The van der Waals surface area contributed by atoms with Crippen LogP contribution in [-0.4, -0.2) is 12.7 Å². The summed E-state index contributed by atoms with van der Waals surface area (Å²) in [5.74, 6) is 2.40. The Labute approximate surface area is 137 Å². The van der Waals surface area contributed by atoms with E-state index in [1.807, 2.05) is 7.11 Å². The molecule has 22 heavy (non-hydrogen) atoms. The molecule has 0 aliphatic heterocycles. The van der Waals surface area contributed by atoms with Crippen molar-refractivity contribution in [2.75, 3.05) is 7.11 Å². The van der Waals surface area contributed by atoms with Crippen molar-refractivity contribution in [3.8, 4) is 0 Å². The number of hydrogen-bond acceptors (Lipinski definition) is 1. The summed E-state index contributed by atoms with van der Waals surface area (Å²) >= 11 is 0. The van der Waals surface area contributed by atoms with Gasteiger partial charge in [-0.25, -0.2) is 0 Å². The molecule has 0 heterocycles. The molecule has 6 unspecified atom stereocenters. The molecule has 3 rings (SSSR count). The molecule has 0 spiro atoms. The van der Waals surface area contributed by atoms with Crippen LogP contribution in [0.25, 0.3) is 0 Å². The first-order chi connectivity index (χ1) is 10.2. The molecule has 0 aromatic heterocycles. The van der Waals surface area contributed by atoms with Crippen molar-refractivity contribution in [1.29, 1.82) is 0 Å². The second kappa shape index (κ2) is 5.23. The summed E-state index contributed by atoms with van der Waals surface area (Å²) in [6.45, 7) is 13.9. The molecule has 3 aliphatic rings. The topological polar surface area (TPSA) is 9.23 Å². The average molecular weight is 303 g/mol. The van der Waals surface area contributed by atoms with Gasteiger partial charge in [-0.15, -0.1) is 0 Å². The molecule has 0 bridgehead atoms. The lowest BCUT2D eigenvalue weighted by atomic mass is 9.51. The van der Waals surface area contributed by atoms with E-state index in [0.29, 0.717) is 10.8 Å². The average Bonchev–Trinajstić information content (AvgIpc) is 2.74. The third-order valence-corrected chi connectivity index (χ3v) is 7.76. The molecule has 0 aromatic carbocycles. The Morgan fingerprint density at radius 2 is 1.77 bits per heavy atom. The van der Waals surface area contributed by atoms with Crippen LogP contribution < -0.4 is 0 Å². The van der Waals surface area contributed by atoms with Crippen LogP contribution in [0.1, 0.15) is 66.2 Å². The van der Waals surface area contributed by atoms with Gasteiger partial charge in [0.1, 0.15) is 0 Å². The monoisotopic (exact) mass is 302 g/mol. The van der Waals surface area contributed by atoms with E-state index in [9.17, 15) is 0 Å². The maximum atomic E-state index is 5.81. The summed E-state index contributed by atoms with van der Waals surface area (Å²) < 4.78 is 5.81. The van der Waals surface area contributed by atoms with Gasteiger partial charge >= 0.3 is 0 Å². The lowest BCUT2D eigenvalue weighted by Gasteiger charge is -2.54. The van der Waals surface area contributed by atoms with Crippen molar-refractivity contribution in [2.45, 2.75) is 71.8 Å². The first-order valence-corrected chi connectivity index (χ1v) is 9.15. The molecule has 1 nitrogen and oxygen atoms in total. The Morgan fingerprint density at radius 1 is 1.05 bits per heavy atom. The van der Waals surface area contributed by atoms with E-state index in [0.717, 1.165) is 24.2 Å². The van der Waals surface area contributed by atoms with Crippen LogP contribution in [0.5, 0.6) is 0 Å². The summed E-state index contributed by atoms with van der Waals surface area (Å²) in [5.41, 5.74) is 2.19. The fraction of sp³-hybridized carbons (Fsp3) is 0.810. The molecule has 124 valence electrons. The zero-order valence-electron chi connectivity index (χ0n) is 15.2. The lowest BCUT2D eigenvalue weighted by Crippen LogP contribution is -2.46. The van der Waals surface area contributed by atoms with Crippen molar-refractivity contribution in [3.05, 3.63) is 24.3 Å². The highest BCUT2D eigenvalue weighted by molar-refractivity contribution is 5.19. The van der Waals surface area contributed by atoms with Gasteiger partial charge in [0, 0.05) is 7.11 Å². The van der Waals surface area contributed by atoms with Crippen LogP contribution in [0.2, 0.25) is 0 Å². The van der Waals surface area contributed by atoms with E-state index in [1.54, 1.807) is 0 Å². The highest BCUT2D eigenvalue weighted by Gasteiger charge is 2.57. The van der Waals surface area contributed by atoms with Crippen LogP contribution in [0.4, 0.5) is 0 Å². The second-order valence-corrected chi connectivity index (χ2v) is 9.09. The lowest BCUT2D eigenvalue weighted by molar-refractivity contribution is -0.0347. The van der Waals surface area contributed by atoms with Gasteiger partial charge in [0.25, 0.3) is 0 Å². The van der Waals surface area contributed by atoms with E-state index in [-0.39, 0.29) is 5.60 Å². The third kappa shape index (κ3) is 2.31. The molecule has 0 amide bonds. The minimum absolute atomic E-state index is 0.0709. The molecule has 6 atom stereocenters. The standard InChI is InChI=1S/C21H34O/c1-15(2)16-7-12-21(5)17(16)8-10-19(3)13-14-20(4,22-6)11-9-18(19)21/h13-14,16-18H,1,7-12H2,2-6H3. The number of rotatable bonds is 2. The fourth-order valence-corrected chi connectivity index (χ4v) is 6.17. The van der Waals surface area contributed by atoms with Gasteiger partial charge in [-0.05, 0) is 81.0 Å². The summed E-state index contributed by atoms with van der Waals surface area (Å²) in [7, 11) is 1.86. The smallest absolute Gasteiger partial charge is 0.0830 e. The van der Waals surface area contributed by atoms with E-state index in [1.165, 1.54) is 37.7 Å². The Hall–Kier alpha value is -0.560. The first-order valence-electron chi connectivity index (χ1n) is 9.15. The van der Waals surface area contributed by atoms with E-state index in [2.05, 4.69) is 46.4 Å². The van der Waals surface area contributed by atoms with Crippen molar-refractivity contribution >= 4 is 0 Å². The van der Waals surface area contributed by atoms with E-state index in [4.69, 9.17) is 4.74 Å². The highest BCUT2D eigenvalue weighted by atomic mass is 16.5. The molecular weight excluding hydrogens is 268 g/mol. The predicted octanol–water partition coefficient (Wildman–Crippen LogP) is 5.77. The molecule has 3 aliphatic carbocycles. The number of fused-ring (bicyclic) bond motifs is 3. The highest BCUT2D eigenvalue weighted by Crippen LogP contribution is 2.65. The van der Waals surface area contributed by atoms with Crippen LogP contribution in [0.15, 0.2) is 24.3 Å². The van der Waals surface area contributed by atoms with Gasteiger partial charge in [0.2, 0.25) is 0 Å². The van der Waals surface area contributed by atoms with Gasteiger partial charge < -0.3 is 4.74 Å². The zero-order valence-corrected chi connectivity index (χ0v) is 15.2. The Balaban J connectivity index is 1.94. The molecule has 0 N–H and O–H groups in total. The van der Waals surface area contributed by atoms with Crippen molar-refractivity contribution < 1.29 is 4.74 Å². The molecule has 2 fully saturated rings. The molecule has 2 saturated carbocycles. The van der Waals surface area contributed by atoms with E-state index < -0.39 is 0 Å². The molecular formula is C21H34O. The first kappa shape index (κ1) is 16.3. The predicted molar refractivity (Wildman–Crippen MR) is 93.8 cm³/mol. The number of allylic oxidation sites excluding steroid dienone is 2. The van der Waals surface area contributed by atoms with Crippen LogP contribution in [0.3, 0.4) is 0 Å². The van der Waals surface area contributed by atoms with Gasteiger partial charge in [-0.1, -0.05) is 38.2 Å². The SMILES string of the molecule is C=C(C)C1CCC2(C)C1CCC1(C)C=CC(C)(OC)CCC12. The van der Waals surface area contributed by atoms with Crippen molar-refractivity contribution in [1.82, 2.24) is 0 Å². The fourth-order valence-electron chi connectivity index (χ4n) is 6.17. The Kier molecular flexibility index (Phi) is 3.87.